The second kappa shape index (κ2) is 7.58. The zero-order chi connectivity index (χ0) is 14.7. The molecule has 2 unspecified atom stereocenters. The maximum absolute atomic E-state index is 5.92. The van der Waals surface area contributed by atoms with E-state index in [2.05, 4.69) is 49.1 Å². The van der Waals surface area contributed by atoms with Crippen molar-refractivity contribution >= 4 is 0 Å². The van der Waals surface area contributed by atoms with Gasteiger partial charge in [-0.2, -0.15) is 0 Å². The third kappa shape index (κ3) is 4.31. The van der Waals surface area contributed by atoms with Crippen molar-refractivity contribution < 1.29 is 9.22 Å². The molecule has 0 N–H and O–H groups in total. The number of hydrogen-bond acceptors (Lipinski definition) is 2. The summed E-state index contributed by atoms with van der Waals surface area (Å²) in [5.41, 5.74) is 1.46. The van der Waals surface area contributed by atoms with Crippen molar-refractivity contribution in [2.24, 2.45) is 0 Å². The number of benzene rings is 1. The van der Waals surface area contributed by atoms with Gasteiger partial charge >= 0.3 is 0 Å². The number of ether oxygens (including phenoxy) is 1. The fourth-order valence-corrected chi connectivity index (χ4v) is 4.10. The molecule has 0 amide bonds. The summed E-state index contributed by atoms with van der Waals surface area (Å²) < 4.78 is 7.20. The van der Waals surface area contributed by atoms with Crippen molar-refractivity contribution in [2.45, 2.75) is 39.9 Å². The predicted octanol–water partition coefficient (Wildman–Crippen LogP) is 2.80. The van der Waals surface area contributed by atoms with Crippen LogP contribution in [0.2, 0.25) is 0 Å². The Morgan fingerprint density at radius 1 is 1.05 bits per heavy atom. The van der Waals surface area contributed by atoms with Gasteiger partial charge in [-0.25, -0.2) is 0 Å². The highest BCUT2D eigenvalue weighted by atomic mass is 16.5. The van der Waals surface area contributed by atoms with E-state index in [0.29, 0.717) is 12.2 Å². The summed E-state index contributed by atoms with van der Waals surface area (Å²) in [7, 11) is 0. The van der Waals surface area contributed by atoms with Gasteiger partial charge in [-0.3, -0.25) is 4.90 Å². The van der Waals surface area contributed by atoms with Crippen LogP contribution in [0, 0.1) is 0 Å². The third-order valence-corrected chi connectivity index (χ3v) is 5.09. The molecule has 0 aromatic heterocycles. The summed E-state index contributed by atoms with van der Waals surface area (Å²) in [6, 6.07) is 10.9. The number of nitrogens with zero attached hydrogens (tertiary/aromatic N) is 2. The second-order valence-electron chi connectivity index (χ2n) is 6.99. The molecule has 1 spiro atoms. The lowest BCUT2D eigenvalue weighted by Crippen LogP contribution is -2.66. The van der Waals surface area contributed by atoms with Gasteiger partial charge in [0, 0.05) is 19.6 Å². The molecule has 2 aliphatic heterocycles. The standard InChI is InChI=1S/C18H29N2O.CH4/c1-16-14-20(15-17(2)21-16)12-10-19(11-13-20)9-8-18-6-4-3-5-7-18;/h3-7,16-17H,8-15H2,1-2H3;1H4/q+1;. The van der Waals surface area contributed by atoms with Crippen LogP contribution in [0.15, 0.2) is 30.3 Å². The summed E-state index contributed by atoms with van der Waals surface area (Å²) in [4.78, 5) is 2.64. The Morgan fingerprint density at radius 3 is 2.23 bits per heavy atom. The van der Waals surface area contributed by atoms with Crippen LogP contribution in [0.3, 0.4) is 0 Å². The fraction of sp³-hybridized carbons (Fsp3) is 0.684. The first-order valence-electron chi connectivity index (χ1n) is 8.42. The van der Waals surface area contributed by atoms with E-state index in [1.807, 2.05) is 0 Å². The number of piperazine rings is 1. The monoisotopic (exact) mass is 305 g/mol. The number of morpholine rings is 1. The Kier molecular flexibility index (Phi) is 6.01. The lowest BCUT2D eigenvalue weighted by molar-refractivity contribution is -0.945. The van der Waals surface area contributed by atoms with E-state index in [9.17, 15) is 0 Å². The molecule has 2 saturated heterocycles. The Morgan fingerprint density at radius 2 is 1.64 bits per heavy atom. The van der Waals surface area contributed by atoms with Crippen LogP contribution in [-0.4, -0.2) is 67.4 Å². The molecule has 2 fully saturated rings. The van der Waals surface area contributed by atoms with Crippen molar-refractivity contribution in [1.82, 2.24) is 4.90 Å². The van der Waals surface area contributed by atoms with Crippen LogP contribution in [0.25, 0.3) is 0 Å². The molecule has 2 heterocycles. The van der Waals surface area contributed by atoms with Gasteiger partial charge in [0.2, 0.25) is 0 Å². The second-order valence-corrected chi connectivity index (χ2v) is 6.99. The predicted molar refractivity (Wildman–Crippen MR) is 93.1 cm³/mol. The molecule has 1 aromatic rings. The van der Waals surface area contributed by atoms with E-state index >= 15 is 0 Å². The van der Waals surface area contributed by atoms with E-state index in [-0.39, 0.29) is 7.43 Å². The quantitative estimate of drug-likeness (QED) is 0.796. The summed E-state index contributed by atoms with van der Waals surface area (Å²) in [6.07, 6.45) is 2.02. The normalized spacial score (nSPS) is 28.3. The topological polar surface area (TPSA) is 12.5 Å². The lowest BCUT2D eigenvalue weighted by Gasteiger charge is -2.50. The maximum Gasteiger partial charge on any atom is 0.105 e. The van der Waals surface area contributed by atoms with Gasteiger partial charge in [0.15, 0.2) is 0 Å². The van der Waals surface area contributed by atoms with Crippen LogP contribution in [0.1, 0.15) is 26.8 Å². The van der Waals surface area contributed by atoms with Gasteiger partial charge < -0.3 is 9.22 Å². The molecule has 3 nitrogen and oxygen atoms in total. The third-order valence-electron chi connectivity index (χ3n) is 5.09. The highest BCUT2D eigenvalue weighted by molar-refractivity contribution is 5.14. The molecule has 124 valence electrons. The number of quaternary nitrogens is 1. The minimum absolute atomic E-state index is 0. The smallest absolute Gasteiger partial charge is 0.105 e. The number of rotatable bonds is 3. The van der Waals surface area contributed by atoms with Gasteiger partial charge in [0.1, 0.15) is 25.3 Å². The van der Waals surface area contributed by atoms with Crippen LogP contribution < -0.4 is 0 Å². The highest BCUT2D eigenvalue weighted by Gasteiger charge is 2.39. The first-order chi connectivity index (χ1) is 10.2. The summed E-state index contributed by atoms with van der Waals surface area (Å²) in [5, 5.41) is 0. The fourth-order valence-electron chi connectivity index (χ4n) is 4.10. The molecule has 0 saturated carbocycles. The molecular weight excluding hydrogens is 272 g/mol. The highest BCUT2D eigenvalue weighted by Crippen LogP contribution is 2.22. The average Bonchev–Trinajstić information content (AvgIpc) is 2.47. The van der Waals surface area contributed by atoms with E-state index in [1.54, 1.807) is 0 Å². The van der Waals surface area contributed by atoms with Crippen molar-refractivity contribution in [3.8, 4) is 0 Å². The Bertz CT molecular complexity index is 428. The van der Waals surface area contributed by atoms with Gasteiger partial charge in [-0.05, 0) is 25.8 Å². The first kappa shape index (κ1) is 17.5. The summed E-state index contributed by atoms with van der Waals surface area (Å²) in [6.45, 7) is 13.2. The van der Waals surface area contributed by atoms with Crippen molar-refractivity contribution in [2.75, 3.05) is 45.8 Å². The van der Waals surface area contributed by atoms with E-state index in [4.69, 9.17) is 4.74 Å². The van der Waals surface area contributed by atoms with Crippen LogP contribution in [0.5, 0.6) is 0 Å². The van der Waals surface area contributed by atoms with Crippen molar-refractivity contribution in [1.29, 1.82) is 0 Å². The first-order valence-corrected chi connectivity index (χ1v) is 8.42. The van der Waals surface area contributed by atoms with Crippen LogP contribution in [-0.2, 0) is 11.2 Å². The largest absolute Gasteiger partial charge is 0.364 e. The molecule has 0 bridgehead atoms. The van der Waals surface area contributed by atoms with Gasteiger partial charge in [-0.1, -0.05) is 37.8 Å². The number of hydrogen-bond donors (Lipinski definition) is 0. The van der Waals surface area contributed by atoms with Crippen LogP contribution in [0.4, 0.5) is 0 Å². The maximum atomic E-state index is 5.92. The van der Waals surface area contributed by atoms with E-state index in [1.165, 1.54) is 62.3 Å². The zero-order valence-electron chi connectivity index (χ0n) is 13.5. The zero-order valence-corrected chi connectivity index (χ0v) is 13.5. The molecule has 22 heavy (non-hydrogen) atoms. The minimum atomic E-state index is 0. The molecular formula is C19H33N2O+. The molecule has 1 aromatic carbocycles. The minimum Gasteiger partial charge on any atom is -0.364 e. The molecule has 2 atom stereocenters. The SMILES string of the molecule is C.CC1C[N+]2(CCN(CCc3ccccc3)CC2)CC(C)O1. The van der Waals surface area contributed by atoms with E-state index in [0.717, 1.165) is 0 Å². The molecule has 3 heteroatoms. The Labute approximate surface area is 136 Å². The molecule has 0 aliphatic carbocycles. The van der Waals surface area contributed by atoms with Crippen molar-refractivity contribution in [3.63, 3.8) is 0 Å². The lowest BCUT2D eigenvalue weighted by atomic mass is 10.1. The summed E-state index contributed by atoms with van der Waals surface area (Å²) in [5.74, 6) is 0. The molecule has 3 rings (SSSR count). The Balaban J connectivity index is 0.00000176. The van der Waals surface area contributed by atoms with Gasteiger partial charge in [0.25, 0.3) is 0 Å². The molecule has 2 aliphatic rings. The van der Waals surface area contributed by atoms with Gasteiger partial charge in [0.05, 0.1) is 13.1 Å². The van der Waals surface area contributed by atoms with Crippen LogP contribution >= 0.6 is 0 Å². The summed E-state index contributed by atoms with van der Waals surface area (Å²) >= 11 is 0. The average molecular weight is 305 g/mol. The van der Waals surface area contributed by atoms with Gasteiger partial charge in [-0.15, -0.1) is 0 Å². The van der Waals surface area contributed by atoms with E-state index < -0.39 is 0 Å². The van der Waals surface area contributed by atoms with Crippen molar-refractivity contribution in [3.05, 3.63) is 35.9 Å². The Hall–Kier alpha value is -0.900. The molecule has 0 radical (unpaired) electrons.